The number of aromatic amines is 1. The Morgan fingerprint density at radius 2 is 2.05 bits per heavy atom. The van der Waals surface area contributed by atoms with Crippen LogP contribution in [-0.4, -0.2) is 35.3 Å². The lowest BCUT2D eigenvalue weighted by molar-refractivity contribution is 0.172. The highest BCUT2D eigenvalue weighted by Gasteiger charge is 2.09. The van der Waals surface area contributed by atoms with Gasteiger partial charge in [-0.05, 0) is 26.8 Å². The number of nitrogens with one attached hydrogen (secondary N) is 1. The number of nitrogens with zero attached hydrogens (tertiary/aromatic N) is 2. The molecule has 120 valence electrons. The van der Waals surface area contributed by atoms with E-state index in [1.165, 1.54) is 0 Å². The Kier molecular flexibility index (Phi) is 6.27. The fraction of sp³-hybridized carbons (Fsp3) is 0.500. The third-order valence-corrected chi connectivity index (χ3v) is 4.35. The lowest BCUT2D eigenvalue weighted by Crippen LogP contribution is -2.04. The number of imidazole rings is 1. The van der Waals surface area contributed by atoms with Gasteiger partial charge in [0.15, 0.2) is 5.16 Å². The Morgan fingerprint density at radius 3 is 2.73 bits per heavy atom. The Bertz CT molecular complexity index is 594. The number of pyridine rings is 1. The van der Waals surface area contributed by atoms with Crippen molar-refractivity contribution in [2.45, 2.75) is 38.1 Å². The van der Waals surface area contributed by atoms with Crippen LogP contribution in [0.1, 0.15) is 29.1 Å². The molecule has 2 aromatic heterocycles. The Morgan fingerprint density at radius 1 is 1.23 bits per heavy atom. The molecule has 0 unspecified atom stereocenters. The molecule has 0 amide bonds. The van der Waals surface area contributed by atoms with Gasteiger partial charge in [0.2, 0.25) is 0 Å². The molecule has 2 aromatic rings. The van der Waals surface area contributed by atoms with Crippen LogP contribution >= 0.6 is 11.8 Å². The van der Waals surface area contributed by atoms with E-state index in [9.17, 15) is 0 Å². The van der Waals surface area contributed by atoms with Gasteiger partial charge >= 0.3 is 0 Å². The van der Waals surface area contributed by atoms with E-state index in [1.54, 1.807) is 25.1 Å². The van der Waals surface area contributed by atoms with Gasteiger partial charge in [-0.25, -0.2) is 4.98 Å². The molecule has 2 heterocycles. The monoisotopic (exact) mass is 321 g/mol. The number of hydrogen-bond donors (Lipinski definition) is 1. The predicted octanol–water partition coefficient (Wildman–Crippen LogP) is 3.44. The smallest absolute Gasteiger partial charge is 0.166 e. The highest BCUT2D eigenvalue weighted by molar-refractivity contribution is 7.98. The number of rotatable bonds is 8. The second kappa shape index (κ2) is 8.19. The lowest BCUT2D eigenvalue weighted by Gasteiger charge is -2.11. The van der Waals surface area contributed by atoms with Crippen molar-refractivity contribution in [1.82, 2.24) is 15.0 Å². The van der Waals surface area contributed by atoms with E-state index in [-0.39, 0.29) is 0 Å². The molecule has 2 rings (SSSR count). The number of aromatic nitrogens is 3. The summed E-state index contributed by atoms with van der Waals surface area (Å²) >= 11 is 1.66. The van der Waals surface area contributed by atoms with Crippen LogP contribution in [0.2, 0.25) is 0 Å². The summed E-state index contributed by atoms with van der Waals surface area (Å²) in [4.78, 5) is 12.2. The summed E-state index contributed by atoms with van der Waals surface area (Å²) in [5.41, 5.74) is 4.28. The van der Waals surface area contributed by atoms with E-state index < -0.39 is 0 Å². The molecule has 6 heteroatoms. The van der Waals surface area contributed by atoms with Crippen LogP contribution < -0.4 is 4.74 Å². The van der Waals surface area contributed by atoms with E-state index >= 15 is 0 Å². The van der Waals surface area contributed by atoms with Crippen molar-refractivity contribution in [2.24, 2.45) is 0 Å². The Labute approximate surface area is 135 Å². The average Bonchev–Trinajstić information content (AvgIpc) is 2.82. The highest BCUT2D eigenvalue weighted by atomic mass is 32.2. The molecule has 0 aliphatic carbocycles. The van der Waals surface area contributed by atoms with Crippen molar-refractivity contribution in [1.29, 1.82) is 0 Å². The summed E-state index contributed by atoms with van der Waals surface area (Å²) in [6.07, 6.45) is 2.68. The van der Waals surface area contributed by atoms with Crippen LogP contribution in [0.5, 0.6) is 5.75 Å². The minimum Gasteiger partial charge on any atom is -0.493 e. The molecule has 0 aliphatic rings. The SMILES string of the molecule is COCCCOc1ccnc(CSc2nc(C)c(C)[nH]2)c1C. The first kappa shape index (κ1) is 16.8. The molecule has 0 radical (unpaired) electrons. The largest absolute Gasteiger partial charge is 0.493 e. The van der Waals surface area contributed by atoms with Gasteiger partial charge in [0.1, 0.15) is 5.75 Å². The molecule has 0 fully saturated rings. The molecular weight excluding hydrogens is 298 g/mol. The molecule has 0 bridgehead atoms. The summed E-state index contributed by atoms with van der Waals surface area (Å²) in [7, 11) is 1.70. The molecule has 0 saturated heterocycles. The van der Waals surface area contributed by atoms with E-state index in [4.69, 9.17) is 9.47 Å². The maximum atomic E-state index is 5.80. The van der Waals surface area contributed by atoms with Crippen LogP contribution in [0.3, 0.4) is 0 Å². The number of hydrogen-bond acceptors (Lipinski definition) is 5. The number of aryl methyl sites for hydroxylation is 2. The highest BCUT2D eigenvalue weighted by Crippen LogP contribution is 2.26. The second-order valence-electron chi connectivity index (χ2n) is 5.12. The lowest BCUT2D eigenvalue weighted by atomic mass is 10.2. The molecule has 0 aliphatic heterocycles. The third-order valence-electron chi connectivity index (χ3n) is 3.46. The van der Waals surface area contributed by atoms with Crippen molar-refractivity contribution < 1.29 is 9.47 Å². The molecule has 0 aromatic carbocycles. The maximum Gasteiger partial charge on any atom is 0.166 e. The zero-order chi connectivity index (χ0) is 15.9. The predicted molar refractivity (Wildman–Crippen MR) is 88.6 cm³/mol. The molecule has 22 heavy (non-hydrogen) atoms. The first-order valence-corrected chi connectivity index (χ1v) is 8.32. The van der Waals surface area contributed by atoms with Crippen molar-refractivity contribution in [3.8, 4) is 5.75 Å². The van der Waals surface area contributed by atoms with E-state index in [2.05, 4.69) is 15.0 Å². The van der Waals surface area contributed by atoms with E-state index in [0.29, 0.717) is 13.2 Å². The number of methoxy groups -OCH3 is 1. The van der Waals surface area contributed by atoms with Gasteiger partial charge in [0.05, 0.1) is 18.0 Å². The van der Waals surface area contributed by atoms with Gasteiger partial charge in [-0.1, -0.05) is 11.8 Å². The fourth-order valence-electron chi connectivity index (χ4n) is 1.97. The number of H-pyrrole nitrogens is 1. The van der Waals surface area contributed by atoms with Gasteiger partial charge in [0, 0.05) is 43.3 Å². The van der Waals surface area contributed by atoms with Crippen LogP contribution in [-0.2, 0) is 10.5 Å². The van der Waals surface area contributed by atoms with Crippen LogP contribution in [0.4, 0.5) is 0 Å². The maximum absolute atomic E-state index is 5.80. The summed E-state index contributed by atoms with van der Waals surface area (Å²) in [6.45, 7) is 7.46. The number of ether oxygens (including phenoxy) is 2. The molecular formula is C16H23N3O2S. The van der Waals surface area contributed by atoms with Gasteiger partial charge in [-0.3, -0.25) is 4.98 Å². The van der Waals surface area contributed by atoms with Gasteiger partial charge in [0.25, 0.3) is 0 Å². The van der Waals surface area contributed by atoms with Crippen molar-refractivity contribution in [3.63, 3.8) is 0 Å². The van der Waals surface area contributed by atoms with Crippen molar-refractivity contribution in [2.75, 3.05) is 20.3 Å². The molecule has 5 nitrogen and oxygen atoms in total. The second-order valence-corrected chi connectivity index (χ2v) is 6.08. The fourth-order valence-corrected chi connectivity index (χ4v) is 2.96. The van der Waals surface area contributed by atoms with Crippen LogP contribution in [0.25, 0.3) is 0 Å². The molecule has 0 atom stereocenters. The van der Waals surface area contributed by atoms with Gasteiger partial charge in [-0.15, -0.1) is 0 Å². The molecule has 0 saturated carbocycles. The number of thioether (sulfide) groups is 1. The minimum absolute atomic E-state index is 0.655. The molecule has 0 spiro atoms. The molecule has 1 N–H and O–H groups in total. The first-order valence-electron chi connectivity index (χ1n) is 7.34. The standard InChI is InChI=1S/C16H23N3O2S/c1-11-14(10-22-16-18-12(2)13(3)19-16)17-7-6-15(11)21-9-5-8-20-4/h6-7H,5,8-10H2,1-4H3,(H,18,19). The van der Waals surface area contributed by atoms with Crippen molar-refractivity contribution in [3.05, 3.63) is 34.9 Å². The summed E-state index contributed by atoms with van der Waals surface area (Å²) < 4.78 is 10.8. The van der Waals surface area contributed by atoms with Crippen molar-refractivity contribution >= 4 is 11.8 Å². The first-order chi connectivity index (χ1) is 10.6. The summed E-state index contributed by atoms with van der Waals surface area (Å²) in [6, 6.07) is 1.91. The van der Waals surface area contributed by atoms with E-state index in [0.717, 1.165) is 45.7 Å². The normalized spacial score (nSPS) is 10.9. The topological polar surface area (TPSA) is 60.0 Å². The van der Waals surface area contributed by atoms with Gasteiger partial charge in [-0.2, -0.15) is 0 Å². The van der Waals surface area contributed by atoms with Crippen LogP contribution in [0, 0.1) is 20.8 Å². The van der Waals surface area contributed by atoms with Crippen LogP contribution in [0.15, 0.2) is 17.4 Å². The third kappa shape index (κ3) is 4.48. The van der Waals surface area contributed by atoms with E-state index in [1.807, 2.05) is 26.8 Å². The Hall–Kier alpha value is -1.53. The van der Waals surface area contributed by atoms with Gasteiger partial charge < -0.3 is 14.5 Å². The minimum atomic E-state index is 0.655. The summed E-state index contributed by atoms with van der Waals surface area (Å²) in [5.74, 6) is 1.67. The zero-order valence-corrected chi connectivity index (χ0v) is 14.4. The zero-order valence-electron chi connectivity index (χ0n) is 13.6. The quantitative estimate of drug-likeness (QED) is 0.596. The Balaban J connectivity index is 1.96. The summed E-state index contributed by atoms with van der Waals surface area (Å²) in [5, 5.41) is 0.933. The average molecular weight is 321 g/mol.